The van der Waals surface area contributed by atoms with Gasteiger partial charge in [0.2, 0.25) is 0 Å². The van der Waals surface area contributed by atoms with Crippen LogP contribution in [0, 0.1) is 11.3 Å². The number of thioether (sulfide) groups is 1. The predicted molar refractivity (Wildman–Crippen MR) is 69.4 cm³/mol. The average Bonchev–Trinajstić information content (AvgIpc) is 2.24. The van der Waals surface area contributed by atoms with Crippen LogP contribution in [-0.2, 0) is 9.53 Å². The van der Waals surface area contributed by atoms with Gasteiger partial charge in [0.15, 0.2) is 0 Å². The van der Waals surface area contributed by atoms with Crippen molar-refractivity contribution in [3.63, 3.8) is 0 Å². The van der Waals surface area contributed by atoms with Gasteiger partial charge < -0.3 is 9.84 Å². The van der Waals surface area contributed by atoms with E-state index in [1.54, 1.807) is 11.8 Å². The van der Waals surface area contributed by atoms with Crippen molar-refractivity contribution in [2.24, 2.45) is 11.3 Å². The first-order valence-electron chi connectivity index (χ1n) is 6.43. The zero-order chi connectivity index (χ0) is 12.5. The summed E-state index contributed by atoms with van der Waals surface area (Å²) in [6.07, 6.45) is 3.78. The number of carbonyl (C=O) groups is 1. The minimum atomic E-state index is -0.611. The molecule has 98 valence electrons. The van der Waals surface area contributed by atoms with E-state index < -0.39 is 10.7 Å². The molecule has 1 spiro atoms. The van der Waals surface area contributed by atoms with Crippen LogP contribution in [0.5, 0.6) is 0 Å². The number of ether oxygens (including phenoxy) is 1. The van der Waals surface area contributed by atoms with Crippen LogP contribution in [0.4, 0.5) is 0 Å². The Morgan fingerprint density at radius 3 is 2.41 bits per heavy atom. The van der Waals surface area contributed by atoms with Crippen LogP contribution < -0.4 is 0 Å². The summed E-state index contributed by atoms with van der Waals surface area (Å²) in [5.41, 5.74) is 0.278. The van der Waals surface area contributed by atoms with Gasteiger partial charge in [-0.15, -0.1) is 11.8 Å². The molecule has 1 aliphatic carbocycles. The second-order valence-corrected chi connectivity index (χ2v) is 7.37. The van der Waals surface area contributed by atoms with Gasteiger partial charge in [0.05, 0.1) is 0 Å². The fourth-order valence-electron chi connectivity index (χ4n) is 2.96. The summed E-state index contributed by atoms with van der Waals surface area (Å²) in [6.45, 7) is 5.91. The molecule has 3 nitrogen and oxygen atoms in total. The van der Waals surface area contributed by atoms with E-state index in [4.69, 9.17) is 4.74 Å². The van der Waals surface area contributed by atoms with Crippen molar-refractivity contribution >= 4 is 17.7 Å². The summed E-state index contributed by atoms with van der Waals surface area (Å²) in [7, 11) is 0. The Hall–Kier alpha value is -0.220. The molecule has 0 atom stereocenters. The van der Waals surface area contributed by atoms with E-state index in [1.807, 2.05) is 0 Å². The van der Waals surface area contributed by atoms with Crippen LogP contribution in [0.1, 0.15) is 39.5 Å². The van der Waals surface area contributed by atoms with Crippen LogP contribution >= 0.6 is 11.8 Å². The number of carboxylic acid groups (broad SMARTS) is 1. The maximum Gasteiger partial charge on any atom is 0.319 e. The van der Waals surface area contributed by atoms with Gasteiger partial charge in [-0.3, -0.25) is 4.79 Å². The Kier molecular flexibility index (Phi) is 3.74. The largest absolute Gasteiger partial charge is 0.480 e. The highest BCUT2D eigenvalue weighted by atomic mass is 32.2. The summed E-state index contributed by atoms with van der Waals surface area (Å²) in [5, 5.41) is 9.46. The van der Waals surface area contributed by atoms with Crippen LogP contribution in [-0.4, -0.2) is 34.8 Å². The lowest BCUT2D eigenvalue weighted by atomic mass is 9.57. The quantitative estimate of drug-likeness (QED) is 0.842. The predicted octanol–water partition coefficient (Wildman–Crippen LogP) is 2.79. The van der Waals surface area contributed by atoms with Gasteiger partial charge in [0.25, 0.3) is 0 Å². The number of rotatable bonds is 4. The summed E-state index contributed by atoms with van der Waals surface area (Å²) in [4.78, 5) is 11.5. The van der Waals surface area contributed by atoms with Crippen molar-refractivity contribution < 1.29 is 14.6 Å². The first kappa shape index (κ1) is 13.2. The van der Waals surface area contributed by atoms with E-state index in [-0.39, 0.29) is 5.41 Å². The molecule has 0 radical (unpaired) electrons. The highest BCUT2D eigenvalue weighted by molar-refractivity contribution is 8.01. The van der Waals surface area contributed by atoms with Crippen LogP contribution in [0.3, 0.4) is 0 Å². The number of aliphatic carboxylic acids is 1. The molecule has 1 aliphatic heterocycles. The Morgan fingerprint density at radius 1 is 1.35 bits per heavy atom. The summed E-state index contributed by atoms with van der Waals surface area (Å²) >= 11 is 1.65. The molecule has 0 aromatic heterocycles. The number of hydrogen-bond acceptors (Lipinski definition) is 3. The number of carboxylic acids is 1. The van der Waals surface area contributed by atoms with E-state index in [1.165, 1.54) is 0 Å². The molecule has 0 aromatic carbocycles. The molecular formula is C13H22O3S. The van der Waals surface area contributed by atoms with Gasteiger partial charge in [0, 0.05) is 13.2 Å². The van der Waals surface area contributed by atoms with E-state index >= 15 is 0 Å². The van der Waals surface area contributed by atoms with Gasteiger partial charge in [-0.2, -0.15) is 0 Å². The Bertz CT molecular complexity index is 287. The minimum Gasteiger partial charge on any atom is -0.480 e. The Morgan fingerprint density at radius 2 is 1.94 bits per heavy atom. The van der Waals surface area contributed by atoms with Crippen LogP contribution in [0.15, 0.2) is 0 Å². The van der Waals surface area contributed by atoms with E-state index in [0.717, 1.165) is 44.6 Å². The SMILES string of the molecule is CC(C)CSC1(C(=O)O)CC2(CCOCC2)C1. The molecule has 17 heavy (non-hydrogen) atoms. The van der Waals surface area contributed by atoms with Crippen molar-refractivity contribution in [3.8, 4) is 0 Å². The third-order valence-electron chi connectivity index (χ3n) is 3.96. The van der Waals surface area contributed by atoms with E-state index in [2.05, 4.69) is 13.8 Å². The lowest BCUT2D eigenvalue weighted by Gasteiger charge is -2.55. The van der Waals surface area contributed by atoms with Gasteiger partial charge in [-0.05, 0) is 42.8 Å². The summed E-state index contributed by atoms with van der Waals surface area (Å²) in [6, 6.07) is 0. The zero-order valence-corrected chi connectivity index (χ0v) is 11.5. The number of hydrogen-bond donors (Lipinski definition) is 1. The van der Waals surface area contributed by atoms with Crippen molar-refractivity contribution in [3.05, 3.63) is 0 Å². The molecule has 0 bridgehead atoms. The third kappa shape index (κ3) is 2.63. The second-order valence-electron chi connectivity index (χ2n) is 5.97. The van der Waals surface area contributed by atoms with E-state index in [0.29, 0.717) is 5.92 Å². The van der Waals surface area contributed by atoms with Crippen molar-refractivity contribution in [1.29, 1.82) is 0 Å². The first-order chi connectivity index (χ1) is 7.98. The summed E-state index contributed by atoms with van der Waals surface area (Å²) < 4.78 is 4.87. The maximum atomic E-state index is 11.5. The molecule has 0 amide bonds. The smallest absolute Gasteiger partial charge is 0.319 e. The van der Waals surface area contributed by atoms with E-state index in [9.17, 15) is 9.90 Å². The van der Waals surface area contributed by atoms with Gasteiger partial charge in [-0.1, -0.05) is 13.8 Å². The molecule has 2 rings (SSSR count). The Balaban J connectivity index is 1.95. The second kappa shape index (κ2) is 4.81. The standard InChI is InChI=1S/C13H22O3S/c1-10(2)7-17-13(11(14)15)8-12(9-13)3-5-16-6-4-12/h10H,3-9H2,1-2H3,(H,14,15). The highest BCUT2D eigenvalue weighted by Gasteiger charge is 2.59. The van der Waals surface area contributed by atoms with Crippen molar-refractivity contribution in [2.45, 2.75) is 44.3 Å². The molecule has 0 unspecified atom stereocenters. The Labute approximate surface area is 107 Å². The average molecular weight is 258 g/mol. The molecule has 1 saturated carbocycles. The topological polar surface area (TPSA) is 46.5 Å². The van der Waals surface area contributed by atoms with Crippen molar-refractivity contribution in [2.75, 3.05) is 19.0 Å². The van der Waals surface area contributed by atoms with Gasteiger partial charge in [-0.25, -0.2) is 0 Å². The first-order valence-corrected chi connectivity index (χ1v) is 7.42. The summed E-state index contributed by atoms with van der Waals surface area (Å²) in [5.74, 6) is 0.890. The van der Waals surface area contributed by atoms with Crippen LogP contribution in [0.2, 0.25) is 0 Å². The van der Waals surface area contributed by atoms with Gasteiger partial charge >= 0.3 is 5.97 Å². The maximum absolute atomic E-state index is 11.5. The lowest BCUT2D eigenvalue weighted by Crippen LogP contribution is -2.56. The fraction of sp³-hybridized carbons (Fsp3) is 0.923. The monoisotopic (exact) mass is 258 g/mol. The minimum absolute atomic E-state index is 0.278. The van der Waals surface area contributed by atoms with Gasteiger partial charge in [0.1, 0.15) is 4.75 Å². The van der Waals surface area contributed by atoms with Crippen molar-refractivity contribution in [1.82, 2.24) is 0 Å². The molecule has 1 N–H and O–H groups in total. The molecule has 2 fully saturated rings. The third-order valence-corrected chi connectivity index (χ3v) is 5.81. The molecule has 1 saturated heterocycles. The molecule has 1 heterocycles. The molecule has 0 aromatic rings. The molecular weight excluding hydrogens is 236 g/mol. The molecule has 4 heteroatoms. The lowest BCUT2D eigenvalue weighted by molar-refractivity contribution is -0.150. The highest BCUT2D eigenvalue weighted by Crippen LogP contribution is 2.60. The zero-order valence-electron chi connectivity index (χ0n) is 10.7. The fourth-order valence-corrected chi connectivity index (χ4v) is 4.55. The molecule has 2 aliphatic rings. The van der Waals surface area contributed by atoms with Crippen LogP contribution in [0.25, 0.3) is 0 Å². The normalized spacial score (nSPS) is 25.8.